The highest BCUT2D eigenvalue weighted by molar-refractivity contribution is 6.07. The zero-order chi connectivity index (χ0) is 22.8. The number of pyridine rings is 1. The highest BCUT2D eigenvalue weighted by atomic mass is 19.1. The van der Waals surface area contributed by atoms with E-state index in [1.807, 2.05) is 42.5 Å². The van der Waals surface area contributed by atoms with Crippen molar-refractivity contribution in [3.63, 3.8) is 0 Å². The minimum Gasteiger partial charge on any atom is -0.464 e. The molecule has 33 heavy (non-hydrogen) atoms. The maximum atomic E-state index is 13.6. The first-order chi connectivity index (χ1) is 16.1. The molecule has 0 saturated heterocycles. The lowest BCUT2D eigenvalue weighted by atomic mass is 10.0. The summed E-state index contributed by atoms with van der Waals surface area (Å²) in [5.74, 6) is 0.0884. The summed E-state index contributed by atoms with van der Waals surface area (Å²) in [6, 6.07) is 17.2. The fraction of sp³-hybridized carbons (Fsp3) is 0.231. The van der Waals surface area contributed by atoms with Crippen molar-refractivity contribution in [3.05, 3.63) is 89.3 Å². The number of benzene rings is 2. The first-order valence-corrected chi connectivity index (χ1v) is 10.9. The molecule has 0 unspecified atom stereocenters. The van der Waals surface area contributed by atoms with Gasteiger partial charge in [0.2, 0.25) is 0 Å². The predicted octanol–water partition coefficient (Wildman–Crippen LogP) is 4.36. The van der Waals surface area contributed by atoms with Gasteiger partial charge in [-0.1, -0.05) is 12.1 Å². The highest BCUT2D eigenvalue weighted by Crippen LogP contribution is 2.28. The molecule has 6 nitrogen and oxygen atoms in total. The van der Waals surface area contributed by atoms with Crippen molar-refractivity contribution in [2.24, 2.45) is 0 Å². The number of hydrogen-bond donors (Lipinski definition) is 2. The summed E-state index contributed by atoms with van der Waals surface area (Å²) in [6.45, 7) is -0.353. The number of furan rings is 1. The Morgan fingerprint density at radius 3 is 2.94 bits per heavy atom. The lowest BCUT2D eigenvalue weighted by Gasteiger charge is -2.25. The predicted molar refractivity (Wildman–Crippen MR) is 126 cm³/mol. The van der Waals surface area contributed by atoms with Gasteiger partial charge in [-0.3, -0.25) is 9.69 Å². The van der Waals surface area contributed by atoms with Gasteiger partial charge < -0.3 is 14.8 Å². The average molecular weight is 445 g/mol. The van der Waals surface area contributed by atoms with E-state index in [-0.39, 0.29) is 12.5 Å². The number of aliphatic hydroxyl groups excluding tert-OH is 1. The standard InChI is InChI=1S/C26H24FN3O3/c27-15-20(31)16-30(26(32)22-2-1-3-23-21(22)7-10-28-23)25-14-18(6-9-29-25)12-17-4-5-24-19(13-17)8-11-33-24/h1-6,8-9,11,13-14,20,28,31H,7,10,12,15-16H2/t20-/m0/s1. The molecular formula is C26H24FN3O3. The number of anilines is 2. The summed E-state index contributed by atoms with van der Waals surface area (Å²) in [7, 11) is 0. The van der Waals surface area contributed by atoms with E-state index in [9.17, 15) is 14.3 Å². The number of carbonyl (C=O) groups excluding carboxylic acids is 1. The first-order valence-electron chi connectivity index (χ1n) is 10.9. The van der Waals surface area contributed by atoms with Crippen LogP contribution in [0.4, 0.5) is 15.9 Å². The molecule has 0 radical (unpaired) electrons. The third-order valence-corrected chi connectivity index (χ3v) is 5.92. The van der Waals surface area contributed by atoms with Crippen molar-refractivity contribution in [1.82, 2.24) is 4.98 Å². The van der Waals surface area contributed by atoms with Gasteiger partial charge in [-0.2, -0.15) is 0 Å². The lowest BCUT2D eigenvalue weighted by Crippen LogP contribution is -2.39. The van der Waals surface area contributed by atoms with E-state index in [0.717, 1.165) is 46.3 Å². The summed E-state index contributed by atoms with van der Waals surface area (Å²) >= 11 is 0. The monoisotopic (exact) mass is 445 g/mol. The smallest absolute Gasteiger partial charge is 0.259 e. The van der Waals surface area contributed by atoms with E-state index in [0.29, 0.717) is 17.8 Å². The van der Waals surface area contributed by atoms with Crippen molar-refractivity contribution >= 4 is 28.4 Å². The fourth-order valence-corrected chi connectivity index (χ4v) is 4.31. The van der Waals surface area contributed by atoms with Crippen LogP contribution in [0.1, 0.15) is 27.0 Å². The van der Waals surface area contributed by atoms with Crippen LogP contribution >= 0.6 is 0 Å². The molecule has 5 rings (SSSR count). The third-order valence-electron chi connectivity index (χ3n) is 5.92. The number of nitrogens with one attached hydrogen (secondary N) is 1. The molecule has 0 spiro atoms. The molecule has 3 heterocycles. The Morgan fingerprint density at radius 1 is 1.18 bits per heavy atom. The summed E-state index contributed by atoms with van der Waals surface area (Å²) in [6.07, 6.45) is 3.38. The Kier molecular flexibility index (Phi) is 5.79. The summed E-state index contributed by atoms with van der Waals surface area (Å²) in [5.41, 5.74) is 5.29. The van der Waals surface area contributed by atoms with Gasteiger partial charge in [0.15, 0.2) is 0 Å². The van der Waals surface area contributed by atoms with Crippen molar-refractivity contribution in [1.29, 1.82) is 0 Å². The number of fused-ring (bicyclic) bond motifs is 2. The van der Waals surface area contributed by atoms with Crippen LogP contribution in [0.2, 0.25) is 0 Å². The Morgan fingerprint density at radius 2 is 2.06 bits per heavy atom. The van der Waals surface area contributed by atoms with Crippen molar-refractivity contribution in [3.8, 4) is 0 Å². The minimum atomic E-state index is -1.29. The van der Waals surface area contributed by atoms with Gasteiger partial charge in [-0.25, -0.2) is 9.37 Å². The molecule has 0 aliphatic carbocycles. The molecule has 2 aromatic heterocycles. The van der Waals surface area contributed by atoms with Gasteiger partial charge >= 0.3 is 0 Å². The maximum absolute atomic E-state index is 13.6. The quantitative estimate of drug-likeness (QED) is 0.442. The molecular weight excluding hydrogens is 421 g/mol. The van der Waals surface area contributed by atoms with Crippen LogP contribution in [0.5, 0.6) is 0 Å². The molecule has 0 fully saturated rings. The number of carbonyl (C=O) groups is 1. The van der Waals surface area contributed by atoms with Crippen LogP contribution in [-0.4, -0.2) is 41.9 Å². The molecule has 4 aromatic rings. The Labute approximate surface area is 190 Å². The van der Waals surface area contributed by atoms with Gasteiger partial charge in [0.25, 0.3) is 5.91 Å². The lowest BCUT2D eigenvalue weighted by molar-refractivity contribution is 0.0945. The molecule has 2 aromatic carbocycles. The molecule has 1 aliphatic rings. The Balaban J connectivity index is 1.46. The van der Waals surface area contributed by atoms with Crippen LogP contribution in [0, 0.1) is 0 Å². The second-order valence-electron chi connectivity index (χ2n) is 8.22. The van der Waals surface area contributed by atoms with Crippen LogP contribution < -0.4 is 10.2 Å². The average Bonchev–Trinajstić information content (AvgIpc) is 3.51. The second kappa shape index (κ2) is 9.03. The topological polar surface area (TPSA) is 78.6 Å². The van der Waals surface area contributed by atoms with E-state index < -0.39 is 12.8 Å². The summed E-state index contributed by atoms with van der Waals surface area (Å²) < 4.78 is 18.6. The van der Waals surface area contributed by atoms with Crippen LogP contribution in [0.3, 0.4) is 0 Å². The summed E-state index contributed by atoms with van der Waals surface area (Å²) in [5, 5.41) is 14.3. The Bertz CT molecular complexity index is 1300. The summed E-state index contributed by atoms with van der Waals surface area (Å²) in [4.78, 5) is 19.3. The van der Waals surface area contributed by atoms with Crippen LogP contribution in [0.25, 0.3) is 11.0 Å². The number of aliphatic hydroxyl groups is 1. The highest BCUT2D eigenvalue weighted by Gasteiger charge is 2.26. The molecule has 1 amide bonds. The molecule has 2 N–H and O–H groups in total. The third kappa shape index (κ3) is 4.32. The number of amides is 1. The van der Waals surface area contributed by atoms with Gasteiger partial charge in [-0.15, -0.1) is 0 Å². The molecule has 1 atom stereocenters. The SMILES string of the molecule is O=C(c1cccc2c1CCN2)N(C[C@@H](O)CF)c1cc(Cc2ccc3occc3c2)ccn1. The maximum Gasteiger partial charge on any atom is 0.259 e. The normalized spacial score (nSPS) is 13.5. The fourth-order valence-electron chi connectivity index (χ4n) is 4.31. The number of rotatable bonds is 7. The van der Waals surface area contributed by atoms with Crippen molar-refractivity contribution < 1.29 is 18.7 Å². The second-order valence-corrected chi connectivity index (χ2v) is 8.22. The van der Waals surface area contributed by atoms with Crippen LogP contribution in [-0.2, 0) is 12.8 Å². The van der Waals surface area contributed by atoms with Gasteiger partial charge in [0.1, 0.15) is 24.2 Å². The Hall–Kier alpha value is -3.71. The molecule has 0 saturated carbocycles. The van der Waals surface area contributed by atoms with E-state index in [4.69, 9.17) is 4.42 Å². The number of nitrogens with zero attached hydrogens (tertiary/aromatic N) is 2. The largest absolute Gasteiger partial charge is 0.464 e. The van der Waals surface area contributed by atoms with Gasteiger partial charge in [0, 0.05) is 29.4 Å². The minimum absolute atomic E-state index is 0.177. The number of halogens is 1. The molecule has 0 bridgehead atoms. The van der Waals surface area contributed by atoms with E-state index >= 15 is 0 Å². The van der Waals surface area contributed by atoms with E-state index in [2.05, 4.69) is 16.4 Å². The van der Waals surface area contributed by atoms with Crippen LogP contribution in [0.15, 0.2) is 71.5 Å². The van der Waals surface area contributed by atoms with E-state index in [1.54, 1.807) is 18.5 Å². The number of aromatic nitrogens is 1. The number of hydrogen-bond acceptors (Lipinski definition) is 5. The zero-order valence-corrected chi connectivity index (χ0v) is 18.0. The van der Waals surface area contributed by atoms with Gasteiger partial charge in [0.05, 0.1) is 12.8 Å². The molecule has 1 aliphatic heterocycles. The molecule has 7 heteroatoms. The van der Waals surface area contributed by atoms with Gasteiger partial charge in [-0.05, 0) is 72.0 Å². The zero-order valence-electron chi connectivity index (χ0n) is 18.0. The van der Waals surface area contributed by atoms with Crippen molar-refractivity contribution in [2.45, 2.75) is 18.9 Å². The van der Waals surface area contributed by atoms with Crippen molar-refractivity contribution in [2.75, 3.05) is 30.0 Å². The molecule has 168 valence electrons. The number of alkyl halides is 1. The first kappa shape index (κ1) is 21.2. The van der Waals surface area contributed by atoms with E-state index in [1.165, 1.54) is 4.90 Å².